The summed E-state index contributed by atoms with van der Waals surface area (Å²) in [7, 11) is 0. The Kier molecular flexibility index (Phi) is 7.20. The van der Waals surface area contributed by atoms with Gasteiger partial charge in [-0.05, 0) is 17.5 Å². The Morgan fingerprint density at radius 1 is 0.960 bits per heavy atom. The van der Waals surface area contributed by atoms with Crippen molar-refractivity contribution in [3.63, 3.8) is 0 Å². The van der Waals surface area contributed by atoms with E-state index in [1.165, 1.54) is 6.92 Å². The van der Waals surface area contributed by atoms with Crippen molar-refractivity contribution in [3.8, 4) is 0 Å². The molecule has 1 atom stereocenters. The summed E-state index contributed by atoms with van der Waals surface area (Å²) in [5, 5.41) is 2.94. The lowest BCUT2D eigenvalue weighted by atomic mass is 10.0. The smallest absolute Gasteiger partial charge is 0.243 e. The maximum atomic E-state index is 12.7. The maximum absolute atomic E-state index is 12.7. The molecule has 0 aliphatic heterocycles. The molecule has 0 saturated carbocycles. The van der Waals surface area contributed by atoms with Crippen molar-refractivity contribution in [1.29, 1.82) is 0 Å². The summed E-state index contributed by atoms with van der Waals surface area (Å²) in [5.74, 6) is -0.201. The van der Waals surface area contributed by atoms with Crippen LogP contribution in [0.2, 0.25) is 0 Å². The van der Waals surface area contributed by atoms with Crippen molar-refractivity contribution in [2.45, 2.75) is 39.3 Å². The molecule has 2 amide bonds. The minimum absolute atomic E-state index is 0.100. The van der Waals surface area contributed by atoms with E-state index in [1.807, 2.05) is 67.6 Å². The molecule has 1 N–H and O–H groups in total. The van der Waals surface area contributed by atoms with Crippen LogP contribution in [-0.4, -0.2) is 29.3 Å². The molecule has 0 aromatic heterocycles. The molecular formula is C21H26N2O2. The number of hydrogen-bond acceptors (Lipinski definition) is 2. The quantitative estimate of drug-likeness (QED) is 0.804. The minimum Gasteiger partial charge on any atom is -0.354 e. The Balaban J connectivity index is 2.25. The molecule has 2 aromatic carbocycles. The van der Waals surface area contributed by atoms with Gasteiger partial charge in [-0.15, -0.1) is 0 Å². The molecule has 4 heteroatoms. The average molecular weight is 338 g/mol. The van der Waals surface area contributed by atoms with Gasteiger partial charge in [-0.3, -0.25) is 9.59 Å². The highest BCUT2D eigenvalue weighted by Crippen LogP contribution is 2.14. The summed E-state index contributed by atoms with van der Waals surface area (Å²) >= 11 is 0. The van der Waals surface area contributed by atoms with Crippen LogP contribution in [0.5, 0.6) is 0 Å². The molecule has 1 unspecified atom stereocenters. The van der Waals surface area contributed by atoms with Crippen molar-refractivity contribution >= 4 is 11.8 Å². The van der Waals surface area contributed by atoms with Gasteiger partial charge in [0.1, 0.15) is 6.04 Å². The number of nitrogens with one attached hydrogen (secondary N) is 1. The molecule has 0 bridgehead atoms. The van der Waals surface area contributed by atoms with E-state index >= 15 is 0 Å². The van der Waals surface area contributed by atoms with Gasteiger partial charge in [0.25, 0.3) is 0 Å². The fourth-order valence-electron chi connectivity index (χ4n) is 2.77. The third kappa shape index (κ3) is 5.75. The fourth-order valence-corrected chi connectivity index (χ4v) is 2.77. The molecular weight excluding hydrogens is 312 g/mol. The topological polar surface area (TPSA) is 49.4 Å². The number of carbonyl (C=O) groups is 2. The van der Waals surface area contributed by atoms with Gasteiger partial charge in [0.15, 0.2) is 0 Å². The summed E-state index contributed by atoms with van der Waals surface area (Å²) in [5.41, 5.74) is 2.05. The van der Waals surface area contributed by atoms with Gasteiger partial charge in [-0.1, -0.05) is 67.6 Å². The van der Waals surface area contributed by atoms with E-state index in [-0.39, 0.29) is 11.8 Å². The van der Waals surface area contributed by atoms with Gasteiger partial charge < -0.3 is 10.2 Å². The van der Waals surface area contributed by atoms with Crippen LogP contribution in [0, 0.1) is 0 Å². The Morgan fingerprint density at radius 3 is 2.04 bits per heavy atom. The molecule has 0 radical (unpaired) electrons. The average Bonchev–Trinajstić information content (AvgIpc) is 2.64. The van der Waals surface area contributed by atoms with Crippen molar-refractivity contribution in [1.82, 2.24) is 10.2 Å². The molecule has 0 saturated heterocycles. The second kappa shape index (κ2) is 9.62. The van der Waals surface area contributed by atoms with E-state index in [2.05, 4.69) is 5.32 Å². The molecule has 2 aromatic rings. The van der Waals surface area contributed by atoms with Crippen LogP contribution in [0.3, 0.4) is 0 Å². The van der Waals surface area contributed by atoms with Crippen LogP contribution >= 0.6 is 0 Å². The zero-order valence-corrected chi connectivity index (χ0v) is 14.9. The van der Waals surface area contributed by atoms with Crippen molar-refractivity contribution < 1.29 is 9.59 Å². The van der Waals surface area contributed by atoms with E-state index in [4.69, 9.17) is 0 Å². The number of benzene rings is 2. The molecule has 132 valence electrons. The second-order valence-corrected chi connectivity index (χ2v) is 6.13. The van der Waals surface area contributed by atoms with E-state index in [0.717, 1.165) is 17.5 Å². The summed E-state index contributed by atoms with van der Waals surface area (Å²) in [6.45, 7) is 4.57. The monoisotopic (exact) mass is 338 g/mol. The number of hydrogen-bond donors (Lipinski definition) is 1. The first-order valence-electron chi connectivity index (χ1n) is 8.74. The van der Waals surface area contributed by atoms with Gasteiger partial charge in [-0.2, -0.15) is 0 Å². The lowest BCUT2D eigenvalue weighted by molar-refractivity contribution is -0.139. The fraction of sp³-hybridized carbons (Fsp3) is 0.333. The Hall–Kier alpha value is -2.62. The lowest BCUT2D eigenvalue weighted by Crippen LogP contribution is -2.50. The van der Waals surface area contributed by atoms with Crippen LogP contribution in [-0.2, 0) is 22.6 Å². The van der Waals surface area contributed by atoms with Crippen molar-refractivity contribution in [2.75, 3.05) is 6.54 Å². The molecule has 4 nitrogen and oxygen atoms in total. The molecule has 0 aliphatic rings. The summed E-state index contributed by atoms with van der Waals surface area (Å²) in [6.07, 6.45) is 1.37. The number of rotatable bonds is 8. The minimum atomic E-state index is -0.522. The normalized spacial score (nSPS) is 11.6. The van der Waals surface area contributed by atoms with Crippen LogP contribution < -0.4 is 5.32 Å². The summed E-state index contributed by atoms with van der Waals surface area (Å²) in [6, 6.07) is 19.1. The van der Waals surface area contributed by atoms with E-state index in [1.54, 1.807) is 4.90 Å². The molecule has 0 fully saturated rings. The highest BCUT2D eigenvalue weighted by atomic mass is 16.2. The first-order chi connectivity index (χ1) is 12.1. The van der Waals surface area contributed by atoms with Crippen molar-refractivity contribution in [2.24, 2.45) is 0 Å². The Labute approximate surface area is 149 Å². The van der Waals surface area contributed by atoms with Gasteiger partial charge >= 0.3 is 0 Å². The second-order valence-electron chi connectivity index (χ2n) is 6.13. The predicted molar refractivity (Wildman–Crippen MR) is 99.9 cm³/mol. The molecule has 0 heterocycles. The zero-order chi connectivity index (χ0) is 18.1. The van der Waals surface area contributed by atoms with Crippen molar-refractivity contribution in [3.05, 3.63) is 71.8 Å². The van der Waals surface area contributed by atoms with Crippen LogP contribution in [0.1, 0.15) is 31.4 Å². The zero-order valence-electron chi connectivity index (χ0n) is 14.9. The predicted octanol–water partition coefficient (Wildman–Crippen LogP) is 3.17. The third-order valence-electron chi connectivity index (χ3n) is 4.10. The summed E-state index contributed by atoms with van der Waals surface area (Å²) < 4.78 is 0. The highest BCUT2D eigenvalue weighted by molar-refractivity contribution is 5.87. The Bertz CT molecular complexity index is 671. The number of carbonyl (C=O) groups excluding carboxylic acids is 2. The largest absolute Gasteiger partial charge is 0.354 e. The van der Waals surface area contributed by atoms with Crippen LogP contribution in [0.15, 0.2) is 60.7 Å². The highest BCUT2D eigenvalue weighted by Gasteiger charge is 2.28. The number of amides is 2. The number of nitrogens with zero attached hydrogens (tertiary/aromatic N) is 1. The standard InChI is InChI=1S/C21H26N2O2/c1-3-14-22-21(25)20(15-18-10-6-4-7-11-18)23(17(2)24)16-19-12-8-5-9-13-19/h4-13,20H,3,14-16H2,1-2H3,(H,22,25). The third-order valence-corrected chi connectivity index (χ3v) is 4.10. The first kappa shape index (κ1) is 18.7. The lowest BCUT2D eigenvalue weighted by Gasteiger charge is -2.30. The van der Waals surface area contributed by atoms with Gasteiger partial charge in [0, 0.05) is 26.4 Å². The Morgan fingerprint density at radius 2 is 1.52 bits per heavy atom. The van der Waals surface area contributed by atoms with E-state index in [0.29, 0.717) is 19.5 Å². The summed E-state index contributed by atoms with van der Waals surface area (Å²) in [4.78, 5) is 26.7. The molecule has 0 aliphatic carbocycles. The maximum Gasteiger partial charge on any atom is 0.243 e. The molecule has 2 rings (SSSR count). The van der Waals surface area contributed by atoms with Gasteiger partial charge in [-0.25, -0.2) is 0 Å². The van der Waals surface area contributed by atoms with Crippen LogP contribution in [0.25, 0.3) is 0 Å². The first-order valence-corrected chi connectivity index (χ1v) is 8.74. The van der Waals surface area contributed by atoms with Crippen LogP contribution in [0.4, 0.5) is 0 Å². The molecule has 25 heavy (non-hydrogen) atoms. The SMILES string of the molecule is CCCNC(=O)C(Cc1ccccc1)N(Cc1ccccc1)C(C)=O. The van der Waals surface area contributed by atoms with E-state index < -0.39 is 6.04 Å². The van der Waals surface area contributed by atoms with Gasteiger partial charge in [0.05, 0.1) is 0 Å². The molecule has 0 spiro atoms. The van der Waals surface area contributed by atoms with E-state index in [9.17, 15) is 9.59 Å². The van der Waals surface area contributed by atoms with Gasteiger partial charge in [0.2, 0.25) is 11.8 Å².